The maximum atomic E-state index is 13.6. The van der Waals surface area contributed by atoms with Crippen LogP contribution in [0.2, 0.25) is 0 Å². The van der Waals surface area contributed by atoms with Gasteiger partial charge < -0.3 is 4.90 Å². The Kier molecular flexibility index (Phi) is 4.89. The van der Waals surface area contributed by atoms with Crippen molar-refractivity contribution >= 4 is 5.91 Å². The summed E-state index contributed by atoms with van der Waals surface area (Å²) in [6.45, 7) is 3.01. The second kappa shape index (κ2) is 6.66. The van der Waals surface area contributed by atoms with Crippen LogP contribution in [0.3, 0.4) is 0 Å². The zero-order valence-electron chi connectivity index (χ0n) is 12.0. The van der Waals surface area contributed by atoms with Gasteiger partial charge >= 0.3 is 0 Å². The van der Waals surface area contributed by atoms with Gasteiger partial charge in [0.25, 0.3) is 5.91 Å². The molecule has 1 aliphatic heterocycles. The van der Waals surface area contributed by atoms with Crippen LogP contribution in [0.1, 0.15) is 36.5 Å². The molecule has 1 heterocycles. The van der Waals surface area contributed by atoms with E-state index in [-0.39, 0.29) is 11.5 Å². The summed E-state index contributed by atoms with van der Waals surface area (Å²) in [6.07, 6.45) is 2.31. The molecule has 0 aromatic heterocycles. The van der Waals surface area contributed by atoms with Crippen molar-refractivity contribution in [2.24, 2.45) is 11.8 Å². The highest BCUT2D eigenvalue weighted by Gasteiger charge is 2.29. The van der Waals surface area contributed by atoms with Gasteiger partial charge in [-0.1, -0.05) is 6.92 Å². The number of hydrogen-bond donors (Lipinski definition) is 0. The highest BCUT2D eigenvalue weighted by molar-refractivity contribution is 5.94. The van der Waals surface area contributed by atoms with Crippen molar-refractivity contribution in [2.75, 3.05) is 13.1 Å². The maximum absolute atomic E-state index is 13.6. The van der Waals surface area contributed by atoms with E-state index in [1.807, 2.05) is 6.92 Å². The molecule has 3 nitrogen and oxygen atoms in total. The van der Waals surface area contributed by atoms with Crippen molar-refractivity contribution in [1.29, 1.82) is 5.26 Å². The predicted octanol–water partition coefficient (Wildman–Crippen LogP) is 3.37. The predicted molar refractivity (Wildman–Crippen MR) is 74.4 cm³/mol. The van der Waals surface area contributed by atoms with Gasteiger partial charge in [0.1, 0.15) is 11.6 Å². The number of halogens is 2. The van der Waals surface area contributed by atoms with Gasteiger partial charge in [-0.05, 0) is 37.3 Å². The zero-order chi connectivity index (χ0) is 15.4. The van der Waals surface area contributed by atoms with Gasteiger partial charge in [0.05, 0.1) is 11.6 Å². The first-order chi connectivity index (χ1) is 10.1. The number of nitrogens with zero attached hydrogens (tertiary/aromatic N) is 2. The number of amides is 1. The van der Waals surface area contributed by atoms with E-state index in [1.165, 1.54) is 6.07 Å². The Balaban J connectivity index is 2.02. The van der Waals surface area contributed by atoms with Gasteiger partial charge in [-0.15, -0.1) is 0 Å². The quantitative estimate of drug-likeness (QED) is 0.857. The molecular weight excluding hydrogens is 274 g/mol. The van der Waals surface area contributed by atoms with Gasteiger partial charge in [0.15, 0.2) is 0 Å². The number of carbonyl (C=O) groups excluding carboxylic acids is 1. The third-order valence-corrected chi connectivity index (χ3v) is 4.16. The van der Waals surface area contributed by atoms with E-state index in [0.717, 1.165) is 31.4 Å². The fraction of sp³-hybridized carbons (Fsp3) is 0.500. The summed E-state index contributed by atoms with van der Waals surface area (Å²) >= 11 is 0. The molecule has 1 unspecified atom stereocenters. The van der Waals surface area contributed by atoms with Crippen molar-refractivity contribution in [3.63, 3.8) is 0 Å². The topological polar surface area (TPSA) is 44.1 Å². The van der Waals surface area contributed by atoms with Crippen molar-refractivity contribution in [3.8, 4) is 6.07 Å². The molecule has 0 bridgehead atoms. The number of nitriles is 1. The number of piperidine rings is 1. The van der Waals surface area contributed by atoms with Crippen molar-refractivity contribution in [1.82, 2.24) is 4.90 Å². The Bertz CT molecular complexity index is 560. The van der Waals surface area contributed by atoms with Crippen molar-refractivity contribution < 1.29 is 13.6 Å². The maximum Gasteiger partial charge on any atom is 0.256 e. The van der Waals surface area contributed by atoms with Gasteiger partial charge in [0, 0.05) is 25.1 Å². The van der Waals surface area contributed by atoms with Gasteiger partial charge in [-0.25, -0.2) is 8.78 Å². The third-order valence-electron chi connectivity index (χ3n) is 4.16. The molecule has 2 rings (SSSR count). The second-order valence-electron chi connectivity index (χ2n) is 5.40. The summed E-state index contributed by atoms with van der Waals surface area (Å²) < 4.78 is 26.5. The lowest BCUT2D eigenvalue weighted by molar-refractivity contribution is 0.0667. The Morgan fingerprint density at radius 2 is 2.10 bits per heavy atom. The number of rotatable bonds is 3. The number of benzene rings is 1. The van der Waals surface area contributed by atoms with Crippen LogP contribution in [0.4, 0.5) is 8.78 Å². The minimum atomic E-state index is -0.828. The van der Waals surface area contributed by atoms with Crippen LogP contribution >= 0.6 is 0 Å². The van der Waals surface area contributed by atoms with E-state index < -0.39 is 17.5 Å². The minimum Gasteiger partial charge on any atom is -0.339 e. The molecule has 1 aromatic carbocycles. The molecule has 0 saturated carbocycles. The summed E-state index contributed by atoms with van der Waals surface area (Å²) in [7, 11) is 0. The molecule has 1 amide bonds. The Hall–Kier alpha value is -1.96. The summed E-state index contributed by atoms with van der Waals surface area (Å²) in [5.74, 6) is -1.61. The molecule has 1 saturated heterocycles. The molecule has 0 radical (unpaired) electrons. The second-order valence-corrected chi connectivity index (χ2v) is 5.40. The number of hydrogen-bond acceptors (Lipinski definition) is 2. The van der Waals surface area contributed by atoms with E-state index in [1.54, 1.807) is 4.90 Å². The standard InChI is InChI=1S/C16H18F2N2O/c1-2-11(10-19)12-5-7-20(8-6-12)16(21)14-4-3-13(17)9-15(14)18/h3-4,9,11-12H,2,5-8H2,1H3. The Morgan fingerprint density at radius 1 is 1.43 bits per heavy atom. The van der Waals surface area contributed by atoms with Gasteiger partial charge in [-0.3, -0.25) is 4.79 Å². The zero-order valence-corrected chi connectivity index (χ0v) is 12.0. The molecule has 1 fully saturated rings. The molecular formula is C16H18F2N2O. The molecule has 1 aromatic rings. The summed E-state index contributed by atoms with van der Waals surface area (Å²) in [5.41, 5.74) is -0.0952. The lowest BCUT2D eigenvalue weighted by atomic mass is 9.83. The Labute approximate surface area is 123 Å². The van der Waals surface area contributed by atoms with Crippen LogP contribution in [0.25, 0.3) is 0 Å². The van der Waals surface area contributed by atoms with Crippen LogP contribution in [0, 0.1) is 34.8 Å². The van der Waals surface area contributed by atoms with E-state index >= 15 is 0 Å². The van der Waals surface area contributed by atoms with Crippen LogP contribution < -0.4 is 0 Å². The summed E-state index contributed by atoms with van der Waals surface area (Å²) in [4.78, 5) is 13.8. The number of likely N-dealkylation sites (tertiary alicyclic amines) is 1. The van der Waals surface area contributed by atoms with Gasteiger partial charge in [0.2, 0.25) is 0 Å². The van der Waals surface area contributed by atoms with E-state index in [0.29, 0.717) is 19.0 Å². The lowest BCUT2D eigenvalue weighted by Gasteiger charge is -2.33. The average Bonchev–Trinajstić information content (AvgIpc) is 2.48. The van der Waals surface area contributed by atoms with E-state index in [9.17, 15) is 13.6 Å². The Morgan fingerprint density at radius 3 is 2.62 bits per heavy atom. The smallest absolute Gasteiger partial charge is 0.256 e. The molecule has 112 valence electrons. The van der Waals surface area contributed by atoms with E-state index in [4.69, 9.17) is 5.26 Å². The van der Waals surface area contributed by atoms with Crippen LogP contribution in [0.5, 0.6) is 0 Å². The first-order valence-corrected chi connectivity index (χ1v) is 7.20. The SMILES string of the molecule is CCC(C#N)C1CCN(C(=O)c2ccc(F)cc2F)CC1. The summed E-state index contributed by atoms with van der Waals surface area (Å²) in [6, 6.07) is 5.31. The highest BCUT2D eigenvalue weighted by atomic mass is 19.1. The number of carbonyl (C=O) groups is 1. The fourth-order valence-corrected chi connectivity index (χ4v) is 2.87. The fourth-order valence-electron chi connectivity index (χ4n) is 2.87. The third kappa shape index (κ3) is 3.38. The molecule has 1 atom stereocenters. The molecule has 1 aliphatic rings. The average molecular weight is 292 g/mol. The van der Waals surface area contributed by atoms with Crippen LogP contribution in [-0.2, 0) is 0 Å². The van der Waals surface area contributed by atoms with Crippen LogP contribution in [-0.4, -0.2) is 23.9 Å². The first-order valence-electron chi connectivity index (χ1n) is 7.20. The molecule has 0 aliphatic carbocycles. The monoisotopic (exact) mass is 292 g/mol. The van der Waals surface area contributed by atoms with Gasteiger partial charge in [-0.2, -0.15) is 5.26 Å². The first kappa shape index (κ1) is 15.4. The molecule has 5 heteroatoms. The minimum absolute atomic E-state index is 0.0183. The summed E-state index contributed by atoms with van der Waals surface area (Å²) in [5, 5.41) is 9.08. The molecule has 21 heavy (non-hydrogen) atoms. The van der Waals surface area contributed by atoms with Crippen molar-refractivity contribution in [3.05, 3.63) is 35.4 Å². The van der Waals surface area contributed by atoms with Crippen LogP contribution in [0.15, 0.2) is 18.2 Å². The largest absolute Gasteiger partial charge is 0.339 e. The lowest BCUT2D eigenvalue weighted by Crippen LogP contribution is -2.40. The molecule has 0 spiro atoms. The van der Waals surface area contributed by atoms with E-state index in [2.05, 4.69) is 6.07 Å². The highest BCUT2D eigenvalue weighted by Crippen LogP contribution is 2.27. The molecule has 0 N–H and O–H groups in total. The normalized spacial score (nSPS) is 17.3. The van der Waals surface area contributed by atoms with Crippen molar-refractivity contribution in [2.45, 2.75) is 26.2 Å².